The maximum absolute atomic E-state index is 13.2. The molecule has 0 amide bonds. The van der Waals surface area contributed by atoms with Gasteiger partial charge in [-0.2, -0.15) is 9.78 Å². The Morgan fingerprint density at radius 3 is 2.47 bits per heavy atom. The molecule has 0 bridgehead atoms. The van der Waals surface area contributed by atoms with Crippen molar-refractivity contribution in [3.05, 3.63) is 65.5 Å². The Morgan fingerprint density at radius 1 is 1.22 bits per heavy atom. The van der Waals surface area contributed by atoms with Crippen molar-refractivity contribution in [2.45, 2.75) is 39.2 Å². The van der Waals surface area contributed by atoms with E-state index in [1.807, 2.05) is 26.0 Å². The number of nitrogens with zero attached hydrogens (tertiary/aromatic N) is 3. The van der Waals surface area contributed by atoms with Crippen LogP contribution in [0.3, 0.4) is 0 Å². The van der Waals surface area contributed by atoms with Crippen LogP contribution in [0.15, 0.2) is 53.6 Å². The van der Waals surface area contributed by atoms with Crippen molar-refractivity contribution in [1.82, 2.24) is 9.66 Å². The van der Waals surface area contributed by atoms with E-state index in [-0.39, 0.29) is 11.5 Å². The maximum atomic E-state index is 13.2. The molecular formula is C22H20Br3N3O4. The molecule has 2 aromatic carbocycles. The Morgan fingerprint density at radius 2 is 1.88 bits per heavy atom. The molecule has 3 aromatic rings. The molecule has 10 heteroatoms. The molecule has 1 heterocycles. The summed E-state index contributed by atoms with van der Waals surface area (Å²) < 4.78 is 8.72. The summed E-state index contributed by atoms with van der Waals surface area (Å²) in [7, 11) is 0. The number of aliphatic carboxylic acids is 1. The fourth-order valence-corrected chi connectivity index (χ4v) is 4.67. The van der Waals surface area contributed by atoms with E-state index in [1.165, 1.54) is 11.6 Å². The zero-order chi connectivity index (χ0) is 23.6. The molecule has 1 aromatic heterocycles. The molecule has 168 valence electrons. The van der Waals surface area contributed by atoms with Crippen molar-refractivity contribution in [1.29, 1.82) is 0 Å². The highest BCUT2D eigenvalue weighted by atomic mass is 79.9. The quantitative estimate of drug-likeness (QED) is 0.327. The molecule has 0 spiro atoms. The van der Waals surface area contributed by atoms with Gasteiger partial charge >= 0.3 is 5.97 Å². The Kier molecular flexibility index (Phi) is 7.89. The second kappa shape index (κ2) is 10.3. The van der Waals surface area contributed by atoms with Gasteiger partial charge in [-0.1, -0.05) is 29.8 Å². The molecular weight excluding hydrogens is 610 g/mol. The fourth-order valence-electron chi connectivity index (χ4n) is 2.90. The van der Waals surface area contributed by atoms with Crippen LogP contribution in [-0.4, -0.2) is 33.1 Å². The lowest BCUT2D eigenvalue weighted by Crippen LogP contribution is -2.24. The molecule has 0 saturated carbocycles. The van der Waals surface area contributed by atoms with Crippen molar-refractivity contribution in [3.63, 3.8) is 0 Å². The summed E-state index contributed by atoms with van der Waals surface area (Å²) in [4.78, 5) is 29.0. The summed E-state index contributed by atoms with van der Waals surface area (Å²) >= 11 is 10.2. The number of hydrogen-bond donors (Lipinski definition) is 1. The second-order valence-electron chi connectivity index (χ2n) is 7.21. The van der Waals surface area contributed by atoms with E-state index in [4.69, 9.17) is 14.8 Å². The van der Waals surface area contributed by atoms with Crippen LogP contribution in [0.4, 0.5) is 0 Å². The lowest BCUT2D eigenvalue weighted by Gasteiger charge is -2.15. The Balaban J connectivity index is 2.07. The minimum Gasteiger partial charge on any atom is -0.479 e. The summed E-state index contributed by atoms with van der Waals surface area (Å²) in [5, 5.41) is 14.0. The number of carboxylic acids is 1. The molecule has 7 nitrogen and oxygen atoms in total. The molecule has 1 N–H and O–H groups in total. The normalized spacial score (nSPS) is 13.4. The zero-order valence-corrected chi connectivity index (χ0v) is 22.2. The highest BCUT2D eigenvalue weighted by Crippen LogP contribution is 2.35. The summed E-state index contributed by atoms with van der Waals surface area (Å²) in [6, 6.07) is 8.87. The molecule has 0 radical (unpaired) electrons. The number of carbonyl (C=O) groups is 1. The van der Waals surface area contributed by atoms with Gasteiger partial charge in [0.05, 0.1) is 26.1 Å². The Bertz CT molecular complexity index is 1250. The van der Waals surface area contributed by atoms with Gasteiger partial charge in [0.15, 0.2) is 6.10 Å². The molecule has 0 aliphatic rings. The van der Waals surface area contributed by atoms with Gasteiger partial charge in [0.1, 0.15) is 11.6 Å². The zero-order valence-electron chi connectivity index (χ0n) is 17.5. The molecule has 0 aliphatic heterocycles. The average Bonchev–Trinajstić information content (AvgIpc) is 2.75. The molecule has 3 rings (SSSR count). The fraction of sp³-hybridized carbons (Fsp3) is 0.273. The highest BCUT2D eigenvalue weighted by molar-refractivity contribution is 9.11. The summed E-state index contributed by atoms with van der Waals surface area (Å²) in [5.41, 5.74) is 1.05. The van der Waals surface area contributed by atoms with Crippen LogP contribution < -0.4 is 10.3 Å². The first-order valence-electron chi connectivity index (χ1n) is 9.77. The lowest BCUT2D eigenvalue weighted by molar-refractivity contribution is -0.144. The standard InChI is InChI=1S/C22H20Br3N3O4/c1-4-11(2)20-27-18-6-5-14(23)9-15(18)21(29)28(20)26-10-13-7-16(24)19(17(25)8-13)32-12(3)22(30)31/h5-12H,4H2,1-3H3,(H,30,31)/t11-,12+/m0/s1. The predicted molar refractivity (Wildman–Crippen MR) is 135 cm³/mol. The number of hydrogen-bond acceptors (Lipinski definition) is 5. The van der Waals surface area contributed by atoms with E-state index >= 15 is 0 Å². The first kappa shape index (κ1) is 24.6. The number of benzene rings is 2. The van der Waals surface area contributed by atoms with Crippen LogP contribution in [0, 0.1) is 0 Å². The van der Waals surface area contributed by atoms with Gasteiger partial charge in [-0.15, -0.1) is 0 Å². The van der Waals surface area contributed by atoms with Crippen LogP contribution in [0.25, 0.3) is 10.9 Å². The van der Waals surface area contributed by atoms with E-state index in [2.05, 4.69) is 52.9 Å². The molecule has 0 unspecified atom stereocenters. The molecule has 0 aliphatic carbocycles. The van der Waals surface area contributed by atoms with E-state index in [0.717, 1.165) is 10.9 Å². The summed E-state index contributed by atoms with van der Waals surface area (Å²) in [5.74, 6) is -0.0925. The predicted octanol–water partition coefficient (Wildman–Crippen LogP) is 5.93. The number of carboxylic acid groups (broad SMARTS) is 1. The third kappa shape index (κ3) is 5.29. The van der Waals surface area contributed by atoms with Crippen molar-refractivity contribution in [3.8, 4) is 5.75 Å². The smallest absolute Gasteiger partial charge is 0.344 e. The molecule has 2 atom stereocenters. The van der Waals surface area contributed by atoms with Gasteiger partial charge < -0.3 is 9.84 Å². The second-order valence-corrected chi connectivity index (χ2v) is 9.84. The minimum absolute atomic E-state index is 0.0275. The van der Waals surface area contributed by atoms with Gasteiger partial charge in [0.25, 0.3) is 5.56 Å². The first-order valence-corrected chi connectivity index (χ1v) is 12.1. The Labute approximate surface area is 209 Å². The summed E-state index contributed by atoms with van der Waals surface area (Å²) in [6.45, 7) is 5.48. The third-order valence-corrected chi connectivity index (χ3v) is 6.54. The van der Waals surface area contributed by atoms with Gasteiger partial charge in [0, 0.05) is 10.4 Å². The van der Waals surface area contributed by atoms with Crippen LogP contribution in [0.1, 0.15) is 44.5 Å². The number of ether oxygens (including phenoxy) is 1. The number of halogens is 3. The topological polar surface area (TPSA) is 93.8 Å². The molecule has 32 heavy (non-hydrogen) atoms. The van der Waals surface area contributed by atoms with Gasteiger partial charge in [-0.25, -0.2) is 9.78 Å². The van der Waals surface area contributed by atoms with E-state index in [0.29, 0.717) is 37.0 Å². The van der Waals surface area contributed by atoms with Crippen LogP contribution in [0.5, 0.6) is 5.75 Å². The van der Waals surface area contributed by atoms with E-state index in [9.17, 15) is 9.59 Å². The average molecular weight is 630 g/mol. The van der Waals surface area contributed by atoms with Gasteiger partial charge in [-0.05, 0) is 81.1 Å². The minimum atomic E-state index is -1.07. The van der Waals surface area contributed by atoms with Crippen LogP contribution in [-0.2, 0) is 4.79 Å². The van der Waals surface area contributed by atoms with Crippen LogP contribution in [0.2, 0.25) is 0 Å². The van der Waals surface area contributed by atoms with Crippen molar-refractivity contribution < 1.29 is 14.6 Å². The lowest BCUT2D eigenvalue weighted by atomic mass is 10.1. The van der Waals surface area contributed by atoms with Crippen LogP contribution >= 0.6 is 47.8 Å². The van der Waals surface area contributed by atoms with Gasteiger partial charge in [0.2, 0.25) is 0 Å². The van der Waals surface area contributed by atoms with Crippen molar-refractivity contribution in [2.75, 3.05) is 0 Å². The maximum Gasteiger partial charge on any atom is 0.344 e. The van der Waals surface area contributed by atoms with Crippen molar-refractivity contribution in [2.24, 2.45) is 5.10 Å². The van der Waals surface area contributed by atoms with Crippen molar-refractivity contribution >= 4 is 70.9 Å². The number of aromatic nitrogens is 2. The highest BCUT2D eigenvalue weighted by Gasteiger charge is 2.18. The first-order chi connectivity index (χ1) is 15.1. The Hall–Kier alpha value is -2.04. The summed E-state index contributed by atoms with van der Waals surface area (Å²) in [6.07, 6.45) is 1.34. The molecule has 0 saturated heterocycles. The van der Waals surface area contributed by atoms with Gasteiger partial charge in [-0.3, -0.25) is 4.79 Å². The number of rotatable bonds is 7. The third-order valence-electron chi connectivity index (χ3n) is 4.87. The van der Waals surface area contributed by atoms with E-state index < -0.39 is 12.1 Å². The monoisotopic (exact) mass is 627 g/mol. The largest absolute Gasteiger partial charge is 0.479 e. The van der Waals surface area contributed by atoms with E-state index in [1.54, 1.807) is 24.4 Å². The number of fused-ring (bicyclic) bond motifs is 1. The SMILES string of the molecule is CC[C@H](C)c1nc2ccc(Br)cc2c(=O)n1N=Cc1cc(Br)c(O[C@H](C)C(=O)O)c(Br)c1. The molecule has 0 fully saturated rings.